The van der Waals surface area contributed by atoms with Crippen LogP contribution >= 0.6 is 22.7 Å². The highest BCUT2D eigenvalue weighted by molar-refractivity contribution is 7.21. The molecule has 0 saturated heterocycles. The molecule has 0 bridgehead atoms. The third-order valence-electron chi connectivity index (χ3n) is 4.37. The van der Waals surface area contributed by atoms with Crippen LogP contribution in [0.1, 0.15) is 25.7 Å². The Hall–Kier alpha value is -3.08. The first-order valence-electron chi connectivity index (χ1n) is 8.74. The topological polar surface area (TPSA) is 93.3 Å². The molecule has 10 heteroatoms. The summed E-state index contributed by atoms with van der Waals surface area (Å²) in [7, 11) is 2.80. The minimum atomic E-state index is -0.479. The van der Waals surface area contributed by atoms with E-state index in [1.54, 1.807) is 29.8 Å². The van der Waals surface area contributed by atoms with Gasteiger partial charge < -0.3 is 14.5 Å². The van der Waals surface area contributed by atoms with Crippen molar-refractivity contribution in [3.63, 3.8) is 0 Å². The van der Waals surface area contributed by atoms with E-state index in [4.69, 9.17) is 4.74 Å². The molecule has 0 fully saturated rings. The van der Waals surface area contributed by atoms with Gasteiger partial charge in [-0.25, -0.2) is 14.2 Å². The standard InChI is InChI=1S/C20H16FN3O4S2/c1-27-8-11-16-12(21)4-3-5-15(16)30-17(11)18(25)24-20-23-14(9-29-20)10-6-13(22-7-10)19(26)28-2/h3-7,9,22H,8H2,1-2H3,(H,23,24,25). The van der Waals surface area contributed by atoms with Crippen molar-refractivity contribution in [2.75, 3.05) is 19.5 Å². The first kappa shape index (κ1) is 20.2. The van der Waals surface area contributed by atoms with Crippen LogP contribution < -0.4 is 5.32 Å². The summed E-state index contributed by atoms with van der Waals surface area (Å²) >= 11 is 2.45. The van der Waals surface area contributed by atoms with Gasteiger partial charge in [0.2, 0.25) is 0 Å². The number of ether oxygens (including phenoxy) is 2. The van der Waals surface area contributed by atoms with Gasteiger partial charge >= 0.3 is 5.97 Å². The third kappa shape index (κ3) is 3.72. The zero-order chi connectivity index (χ0) is 21.3. The van der Waals surface area contributed by atoms with Crippen molar-refractivity contribution in [1.82, 2.24) is 9.97 Å². The summed E-state index contributed by atoms with van der Waals surface area (Å²) in [5.74, 6) is -1.25. The number of amides is 1. The summed E-state index contributed by atoms with van der Waals surface area (Å²) in [5, 5.41) is 5.32. The zero-order valence-corrected chi connectivity index (χ0v) is 17.6. The minimum absolute atomic E-state index is 0.118. The predicted molar refractivity (Wildman–Crippen MR) is 114 cm³/mol. The number of hydrogen-bond acceptors (Lipinski definition) is 7. The number of hydrogen-bond donors (Lipinski definition) is 2. The normalized spacial score (nSPS) is 11.0. The number of carbonyl (C=O) groups is 2. The van der Waals surface area contributed by atoms with Gasteiger partial charge in [-0.2, -0.15) is 0 Å². The van der Waals surface area contributed by atoms with Crippen molar-refractivity contribution in [3.8, 4) is 11.3 Å². The van der Waals surface area contributed by atoms with Crippen molar-refractivity contribution >= 4 is 49.8 Å². The van der Waals surface area contributed by atoms with Crippen LogP contribution in [0.25, 0.3) is 21.3 Å². The van der Waals surface area contributed by atoms with Crippen molar-refractivity contribution < 1.29 is 23.5 Å². The number of aromatic nitrogens is 2. The Kier molecular flexibility index (Phi) is 5.62. The fourth-order valence-corrected chi connectivity index (χ4v) is 4.85. The van der Waals surface area contributed by atoms with E-state index < -0.39 is 5.97 Å². The summed E-state index contributed by atoms with van der Waals surface area (Å²) in [6, 6.07) is 6.37. The SMILES string of the molecule is COCc1c(C(=O)Nc2nc(-c3c[nH]c(C(=O)OC)c3)cs2)sc2cccc(F)c12. The van der Waals surface area contributed by atoms with Crippen LogP contribution in [0.3, 0.4) is 0 Å². The highest BCUT2D eigenvalue weighted by Gasteiger charge is 2.22. The lowest BCUT2D eigenvalue weighted by molar-refractivity contribution is 0.0594. The van der Waals surface area contributed by atoms with E-state index in [1.807, 2.05) is 0 Å². The monoisotopic (exact) mass is 445 g/mol. The molecular formula is C20H16FN3O4S2. The van der Waals surface area contributed by atoms with Crippen molar-refractivity contribution in [2.24, 2.45) is 0 Å². The highest BCUT2D eigenvalue weighted by Crippen LogP contribution is 2.35. The lowest BCUT2D eigenvalue weighted by atomic mass is 10.1. The van der Waals surface area contributed by atoms with Crippen molar-refractivity contribution in [2.45, 2.75) is 6.61 Å². The predicted octanol–water partition coefficient (Wildman–Crippen LogP) is 4.68. The summed E-state index contributed by atoms with van der Waals surface area (Å²) in [5.41, 5.74) is 2.11. The van der Waals surface area contributed by atoms with Crippen LogP contribution in [0.2, 0.25) is 0 Å². The molecule has 2 N–H and O–H groups in total. The number of methoxy groups -OCH3 is 2. The van der Waals surface area contributed by atoms with Crippen LogP contribution in [0, 0.1) is 5.82 Å². The number of fused-ring (bicyclic) bond motifs is 1. The van der Waals surface area contributed by atoms with Gasteiger partial charge in [0.15, 0.2) is 5.13 Å². The van der Waals surface area contributed by atoms with Crippen LogP contribution in [0.15, 0.2) is 35.8 Å². The lowest BCUT2D eigenvalue weighted by Gasteiger charge is -2.04. The van der Waals surface area contributed by atoms with E-state index >= 15 is 0 Å². The van der Waals surface area contributed by atoms with E-state index in [9.17, 15) is 14.0 Å². The first-order chi connectivity index (χ1) is 14.5. The number of thiazole rings is 1. The van der Waals surface area contributed by atoms with E-state index in [1.165, 1.54) is 43.0 Å². The Morgan fingerprint density at radius 2 is 2.13 bits per heavy atom. The summed E-state index contributed by atoms with van der Waals surface area (Å²) in [6.07, 6.45) is 1.64. The highest BCUT2D eigenvalue weighted by atomic mass is 32.1. The Morgan fingerprint density at radius 1 is 1.30 bits per heavy atom. The van der Waals surface area contributed by atoms with Gasteiger partial charge in [-0.15, -0.1) is 22.7 Å². The Labute approximate surface area is 178 Å². The average molecular weight is 445 g/mol. The number of esters is 1. The molecular weight excluding hydrogens is 429 g/mol. The van der Waals surface area contributed by atoms with Gasteiger partial charge in [0.25, 0.3) is 5.91 Å². The van der Waals surface area contributed by atoms with Gasteiger partial charge in [0.05, 0.1) is 24.3 Å². The number of carbonyl (C=O) groups excluding carboxylic acids is 2. The van der Waals surface area contributed by atoms with Crippen molar-refractivity contribution in [1.29, 1.82) is 0 Å². The molecule has 30 heavy (non-hydrogen) atoms. The molecule has 0 aliphatic rings. The maximum absolute atomic E-state index is 14.3. The molecule has 0 radical (unpaired) electrons. The van der Waals surface area contributed by atoms with Crippen molar-refractivity contribution in [3.05, 3.63) is 57.8 Å². The average Bonchev–Trinajstić information content (AvgIpc) is 3.46. The molecule has 4 rings (SSSR count). The van der Waals surface area contributed by atoms with Gasteiger partial charge in [-0.3, -0.25) is 10.1 Å². The number of thiophene rings is 1. The Bertz CT molecular complexity index is 1240. The fourth-order valence-electron chi connectivity index (χ4n) is 3.02. The molecule has 0 spiro atoms. The first-order valence-corrected chi connectivity index (χ1v) is 10.4. The number of rotatable bonds is 6. The molecule has 0 atom stereocenters. The second kappa shape index (κ2) is 8.34. The van der Waals surface area contributed by atoms with Crippen LogP contribution in [-0.2, 0) is 16.1 Å². The number of benzene rings is 1. The molecule has 4 aromatic rings. The van der Waals surface area contributed by atoms with E-state index in [-0.39, 0.29) is 18.3 Å². The molecule has 0 unspecified atom stereocenters. The summed E-state index contributed by atoms with van der Waals surface area (Å²) in [6.45, 7) is 0.118. The van der Waals surface area contributed by atoms with Gasteiger partial charge in [-0.05, 0) is 18.2 Å². The molecule has 1 amide bonds. The van der Waals surface area contributed by atoms with Gasteiger partial charge in [0.1, 0.15) is 11.5 Å². The van der Waals surface area contributed by atoms with Crippen LogP contribution in [0.5, 0.6) is 0 Å². The molecule has 1 aromatic carbocycles. The Morgan fingerprint density at radius 3 is 2.90 bits per heavy atom. The maximum atomic E-state index is 14.3. The zero-order valence-electron chi connectivity index (χ0n) is 15.9. The number of anilines is 1. The lowest BCUT2D eigenvalue weighted by Crippen LogP contribution is -2.12. The number of halogens is 1. The molecule has 7 nitrogen and oxygen atoms in total. The van der Waals surface area contributed by atoms with E-state index in [2.05, 4.69) is 20.0 Å². The van der Waals surface area contributed by atoms with Crippen LogP contribution in [0.4, 0.5) is 9.52 Å². The van der Waals surface area contributed by atoms with E-state index in [0.29, 0.717) is 42.6 Å². The second-order valence-electron chi connectivity index (χ2n) is 6.24. The van der Waals surface area contributed by atoms with Gasteiger partial charge in [-0.1, -0.05) is 6.07 Å². The Balaban J connectivity index is 1.59. The molecule has 3 heterocycles. The minimum Gasteiger partial charge on any atom is -0.464 e. The molecule has 0 aliphatic heterocycles. The number of nitrogens with zero attached hydrogens (tertiary/aromatic N) is 1. The molecule has 154 valence electrons. The molecule has 3 aromatic heterocycles. The smallest absolute Gasteiger partial charge is 0.354 e. The largest absolute Gasteiger partial charge is 0.464 e. The van der Waals surface area contributed by atoms with Crippen LogP contribution in [-0.4, -0.2) is 36.1 Å². The third-order valence-corrected chi connectivity index (χ3v) is 6.32. The number of H-pyrrole nitrogens is 1. The maximum Gasteiger partial charge on any atom is 0.354 e. The summed E-state index contributed by atoms with van der Waals surface area (Å²) in [4.78, 5) is 32.1. The summed E-state index contributed by atoms with van der Waals surface area (Å²) < 4.78 is 24.9. The van der Waals surface area contributed by atoms with Gasteiger partial charge in [0, 0.05) is 39.9 Å². The molecule has 0 saturated carbocycles. The van der Waals surface area contributed by atoms with E-state index in [0.717, 1.165) is 0 Å². The second-order valence-corrected chi connectivity index (χ2v) is 8.15. The fraction of sp³-hybridized carbons (Fsp3) is 0.150. The number of nitrogens with one attached hydrogen (secondary N) is 2. The number of aromatic amines is 1. The molecule has 0 aliphatic carbocycles. The quantitative estimate of drug-likeness (QED) is 0.421.